The Morgan fingerprint density at radius 2 is 1.11 bits per heavy atom. The van der Waals surface area contributed by atoms with Gasteiger partial charge in [0.15, 0.2) is 6.10 Å². The zero-order valence-electron chi connectivity index (χ0n) is 18.5. The first-order chi connectivity index (χ1) is 17.1. The van der Waals surface area contributed by atoms with E-state index < -0.39 is 42.4 Å². The average Bonchev–Trinajstić information content (AvgIpc) is 3.24. The number of nitrogens with zero attached hydrogens (tertiary/aromatic N) is 1. The first-order valence-electron chi connectivity index (χ1n) is 10.8. The largest absolute Gasteiger partial charge is 0.459 e. The quantitative estimate of drug-likeness (QED) is 0.293. The first kappa shape index (κ1) is 23.7. The summed E-state index contributed by atoms with van der Waals surface area (Å²) in [6.07, 6.45) is -4.69. The lowest BCUT2D eigenvalue weighted by Gasteiger charge is -2.22. The summed E-state index contributed by atoms with van der Waals surface area (Å²) < 4.78 is 22.3. The van der Waals surface area contributed by atoms with Crippen molar-refractivity contribution in [2.24, 2.45) is 0 Å². The highest BCUT2D eigenvalue weighted by atomic mass is 16.7. The maximum atomic E-state index is 12.8. The molecule has 1 aliphatic rings. The van der Waals surface area contributed by atoms with Crippen LogP contribution < -0.4 is 0 Å². The van der Waals surface area contributed by atoms with Crippen molar-refractivity contribution in [3.8, 4) is 0 Å². The van der Waals surface area contributed by atoms with Gasteiger partial charge < -0.3 is 14.2 Å². The van der Waals surface area contributed by atoms with Gasteiger partial charge >= 0.3 is 24.1 Å². The number of hydrogen-bond donors (Lipinski definition) is 0. The Morgan fingerprint density at radius 3 is 1.57 bits per heavy atom. The maximum Gasteiger partial charge on any atom is 0.369 e. The van der Waals surface area contributed by atoms with Crippen LogP contribution in [0.2, 0.25) is 0 Å². The summed E-state index contributed by atoms with van der Waals surface area (Å²) >= 11 is 0. The number of ether oxygens (including phenoxy) is 4. The van der Waals surface area contributed by atoms with Gasteiger partial charge in [-0.1, -0.05) is 54.6 Å². The molecule has 8 nitrogen and oxygen atoms in total. The Morgan fingerprint density at radius 1 is 0.686 bits per heavy atom. The zero-order valence-corrected chi connectivity index (χ0v) is 18.5. The van der Waals surface area contributed by atoms with E-state index in [2.05, 4.69) is 4.85 Å². The van der Waals surface area contributed by atoms with Crippen LogP contribution in [0.1, 0.15) is 31.1 Å². The molecule has 1 aliphatic heterocycles. The normalized spacial score (nSPS) is 20.9. The van der Waals surface area contributed by atoms with Crippen LogP contribution >= 0.6 is 0 Å². The third-order valence-electron chi connectivity index (χ3n) is 5.31. The molecule has 4 atom stereocenters. The van der Waals surface area contributed by atoms with Gasteiger partial charge in [0.05, 0.1) is 16.7 Å². The number of rotatable bonds is 7. The number of carbonyl (C=O) groups is 3. The molecule has 0 spiro atoms. The molecule has 4 rings (SSSR count). The van der Waals surface area contributed by atoms with Crippen LogP contribution in [0.5, 0.6) is 0 Å². The molecule has 4 unspecified atom stereocenters. The molecule has 0 aromatic heterocycles. The molecule has 0 N–H and O–H groups in total. The Bertz CT molecular complexity index is 1210. The lowest BCUT2D eigenvalue weighted by Crippen LogP contribution is -2.41. The topological polar surface area (TPSA) is 92.5 Å². The van der Waals surface area contributed by atoms with E-state index in [1.165, 1.54) is 0 Å². The van der Waals surface area contributed by atoms with Gasteiger partial charge in [0.2, 0.25) is 6.10 Å². The molecule has 1 saturated heterocycles. The second-order valence-corrected chi connectivity index (χ2v) is 7.63. The molecule has 35 heavy (non-hydrogen) atoms. The van der Waals surface area contributed by atoms with Gasteiger partial charge in [0.1, 0.15) is 12.7 Å². The third kappa shape index (κ3) is 5.72. The van der Waals surface area contributed by atoms with Gasteiger partial charge in [0, 0.05) is 0 Å². The molecule has 3 aromatic carbocycles. The van der Waals surface area contributed by atoms with E-state index >= 15 is 0 Å². The van der Waals surface area contributed by atoms with Crippen molar-refractivity contribution in [1.82, 2.24) is 0 Å². The van der Waals surface area contributed by atoms with Gasteiger partial charge in [-0.25, -0.2) is 21.0 Å². The fourth-order valence-electron chi connectivity index (χ4n) is 3.56. The molecule has 1 fully saturated rings. The monoisotopic (exact) mass is 471 g/mol. The predicted molar refractivity (Wildman–Crippen MR) is 123 cm³/mol. The highest BCUT2D eigenvalue weighted by molar-refractivity contribution is 5.91. The zero-order chi connectivity index (χ0) is 24.6. The summed E-state index contributed by atoms with van der Waals surface area (Å²) in [6, 6.07) is 24.8. The van der Waals surface area contributed by atoms with Crippen molar-refractivity contribution in [2.75, 3.05) is 6.61 Å². The second-order valence-electron chi connectivity index (χ2n) is 7.63. The first-order valence-corrected chi connectivity index (χ1v) is 10.8. The Kier molecular flexibility index (Phi) is 7.50. The van der Waals surface area contributed by atoms with Gasteiger partial charge in [-0.05, 0) is 36.4 Å². The molecule has 176 valence electrons. The molecule has 0 saturated carbocycles. The van der Waals surface area contributed by atoms with Crippen LogP contribution in [0.15, 0.2) is 91.0 Å². The maximum absolute atomic E-state index is 12.8. The minimum absolute atomic E-state index is 0.267. The van der Waals surface area contributed by atoms with E-state index in [9.17, 15) is 14.4 Å². The van der Waals surface area contributed by atoms with Crippen LogP contribution in [0.25, 0.3) is 4.85 Å². The van der Waals surface area contributed by atoms with Crippen LogP contribution in [-0.4, -0.2) is 49.1 Å². The molecule has 0 bridgehead atoms. The Labute approximate surface area is 201 Å². The van der Waals surface area contributed by atoms with Crippen LogP contribution in [0, 0.1) is 6.57 Å². The molecule has 0 amide bonds. The van der Waals surface area contributed by atoms with Crippen molar-refractivity contribution < 1.29 is 33.3 Å². The molecule has 0 aliphatic carbocycles. The van der Waals surface area contributed by atoms with Crippen LogP contribution in [-0.2, 0) is 18.9 Å². The fourth-order valence-corrected chi connectivity index (χ4v) is 3.56. The highest BCUT2D eigenvalue weighted by Gasteiger charge is 2.54. The predicted octanol–water partition coefficient (Wildman–Crippen LogP) is 3.94. The summed E-state index contributed by atoms with van der Waals surface area (Å²) in [5.74, 6) is -1.99. The van der Waals surface area contributed by atoms with E-state index in [1.807, 2.05) is 0 Å². The van der Waals surface area contributed by atoms with Gasteiger partial charge in [-0.15, -0.1) is 0 Å². The van der Waals surface area contributed by atoms with E-state index in [-0.39, 0.29) is 17.7 Å². The Balaban J connectivity index is 1.55. The van der Waals surface area contributed by atoms with E-state index in [0.29, 0.717) is 5.56 Å². The van der Waals surface area contributed by atoms with E-state index in [4.69, 9.17) is 25.5 Å². The van der Waals surface area contributed by atoms with Gasteiger partial charge in [0.25, 0.3) is 0 Å². The van der Waals surface area contributed by atoms with Crippen LogP contribution in [0.3, 0.4) is 0 Å². The minimum Gasteiger partial charge on any atom is -0.459 e. The molecule has 3 aromatic rings. The molecular formula is C27H21NO7. The standard InChI is InChI=1S/C27H21NO7/c1-28-24-23(35-27(31)20-15-9-4-10-16-20)22(34-26(30)19-13-7-3-8-14-19)21(33-24)17-32-25(29)18-11-5-2-6-12-18/h2-16,21-24H,17H2. The summed E-state index contributed by atoms with van der Waals surface area (Å²) in [4.78, 5) is 41.3. The SMILES string of the molecule is [C-]#[N+]C1OC(COC(=O)c2ccccc2)C(OC(=O)c2ccccc2)C1OC(=O)c1ccccc1. The average molecular weight is 471 g/mol. The lowest BCUT2D eigenvalue weighted by molar-refractivity contribution is -0.0438. The minimum atomic E-state index is -1.25. The van der Waals surface area contributed by atoms with Crippen molar-refractivity contribution in [3.63, 3.8) is 0 Å². The van der Waals surface area contributed by atoms with Crippen molar-refractivity contribution >= 4 is 17.9 Å². The summed E-state index contributed by atoms with van der Waals surface area (Å²) in [5.41, 5.74) is 0.868. The molecule has 0 radical (unpaired) electrons. The van der Waals surface area contributed by atoms with Crippen LogP contribution in [0.4, 0.5) is 0 Å². The number of esters is 3. The summed E-state index contributed by atoms with van der Waals surface area (Å²) in [6.45, 7) is 7.20. The van der Waals surface area contributed by atoms with E-state index in [1.54, 1.807) is 91.0 Å². The van der Waals surface area contributed by atoms with Gasteiger partial charge in [-0.2, -0.15) is 0 Å². The van der Waals surface area contributed by atoms with Crippen molar-refractivity contribution in [2.45, 2.75) is 24.5 Å². The van der Waals surface area contributed by atoms with Crippen molar-refractivity contribution in [3.05, 3.63) is 119 Å². The van der Waals surface area contributed by atoms with Crippen molar-refractivity contribution in [1.29, 1.82) is 0 Å². The van der Waals surface area contributed by atoms with E-state index in [0.717, 1.165) is 0 Å². The fraction of sp³-hybridized carbons (Fsp3) is 0.185. The summed E-state index contributed by atoms with van der Waals surface area (Å²) in [7, 11) is 0. The molecular weight excluding hydrogens is 450 g/mol. The number of benzene rings is 3. The second kappa shape index (κ2) is 11.1. The van der Waals surface area contributed by atoms with Gasteiger partial charge in [-0.3, -0.25) is 9.58 Å². The highest BCUT2D eigenvalue weighted by Crippen LogP contribution is 2.30. The smallest absolute Gasteiger partial charge is 0.369 e. The molecule has 1 heterocycles. The lowest BCUT2D eigenvalue weighted by atomic mass is 10.1. The Hall–Kier alpha value is -4.48. The molecule has 8 heteroatoms. The summed E-state index contributed by atoms with van der Waals surface area (Å²) in [5, 5.41) is 0. The third-order valence-corrected chi connectivity index (χ3v) is 5.31. The number of carbonyl (C=O) groups excluding carboxylic acids is 3. The number of hydrogen-bond acceptors (Lipinski definition) is 7.